The Bertz CT molecular complexity index is 276. The quantitative estimate of drug-likeness (QED) is 0.718. The standard InChI is InChI=1S/C11H15N/c1-4-12-10(3)11-8-6-5-7-9(11)2/h5-8,12H,3-4H2,1-2H3. The molecule has 1 aromatic rings. The summed E-state index contributed by atoms with van der Waals surface area (Å²) >= 11 is 0. The third-order valence-electron chi connectivity index (χ3n) is 1.86. The molecule has 1 heteroatoms. The zero-order chi connectivity index (χ0) is 8.97. The maximum absolute atomic E-state index is 3.96. The van der Waals surface area contributed by atoms with Crippen LogP contribution in [0.25, 0.3) is 5.70 Å². The molecule has 0 fully saturated rings. The predicted molar refractivity (Wildman–Crippen MR) is 53.9 cm³/mol. The average molecular weight is 161 g/mol. The van der Waals surface area contributed by atoms with Crippen molar-refractivity contribution in [1.29, 1.82) is 0 Å². The number of hydrogen-bond acceptors (Lipinski definition) is 1. The van der Waals surface area contributed by atoms with E-state index in [1.807, 2.05) is 12.1 Å². The Hall–Kier alpha value is -1.24. The minimum atomic E-state index is 0.924. The molecule has 64 valence electrons. The SMILES string of the molecule is C=C(NCC)c1ccccc1C. The highest BCUT2D eigenvalue weighted by Crippen LogP contribution is 2.13. The highest BCUT2D eigenvalue weighted by Gasteiger charge is 1.98. The molecule has 0 aliphatic rings. The van der Waals surface area contributed by atoms with Gasteiger partial charge in [-0.3, -0.25) is 0 Å². The molecule has 12 heavy (non-hydrogen) atoms. The van der Waals surface area contributed by atoms with Gasteiger partial charge in [-0.25, -0.2) is 0 Å². The Labute approximate surface area is 74.1 Å². The monoisotopic (exact) mass is 161 g/mol. The van der Waals surface area contributed by atoms with Crippen molar-refractivity contribution in [2.75, 3.05) is 6.54 Å². The van der Waals surface area contributed by atoms with Crippen molar-refractivity contribution >= 4 is 5.70 Å². The molecule has 1 N–H and O–H groups in total. The minimum absolute atomic E-state index is 0.924. The summed E-state index contributed by atoms with van der Waals surface area (Å²) in [7, 11) is 0. The maximum Gasteiger partial charge on any atom is 0.0343 e. The van der Waals surface area contributed by atoms with Crippen molar-refractivity contribution in [2.45, 2.75) is 13.8 Å². The Balaban J connectivity index is 2.87. The van der Waals surface area contributed by atoms with Gasteiger partial charge in [0.25, 0.3) is 0 Å². The first kappa shape index (κ1) is 8.85. The normalized spacial score (nSPS) is 9.50. The molecule has 0 unspecified atom stereocenters. The molecule has 1 rings (SSSR count). The van der Waals surface area contributed by atoms with Gasteiger partial charge in [0.05, 0.1) is 0 Å². The van der Waals surface area contributed by atoms with Crippen LogP contribution in [0.5, 0.6) is 0 Å². The van der Waals surface area contributed by atoms with Crippen molar-refractivity contribution in [2.24, 2.45) is 0 Å². The first-order valence-electron chi connectivity index (χ1n) is 4.24. The lowest BCUT2D eigenvalue weighted by atomic mass is 10.1. The molecule has 0 heterocycles. The topological polar surface area (TPSA) is 12.0 Å². The minimum Gasteiger partial charge on any atom is -0.385 e. The van der Waals surface area contributed by atoms with E-state index in [2.05, 4.69) is 37.9 Å². The molecular weight excluding hydrogens is 146 g/mol. The van der Waals surface area contributed by atoms with Crippen molar-refractivity contribution in [3.05, 3.63) is 42.0 Å². The van der Waals surface area contributed by atoms with Crippen LogP contribution in [-0.4, -0.2) is 6.54 Å². The van der Waals surface area contributed by atoms with Gasteiger partial charge in [0.1, 0.15) is 0 Å². The first-order valence-corrected chi connectivity index (χ1v) is 4.24. The van der Waals surface area contributed by atoms with Crippen LogP contribution in [0.1, 0.15) is 18.1 Å². The van der Waals surface area contributed by atoms with E-state index in [1.165, 1.54) is 11.1 Å². The summed E-state index contributed by atoms with van der Waals surface area (Å²) in [6, 6.07) is 8.25. The van der Waals surface area contributed by atoms with Crippen LogP contribution in [0.3, 0.4) is 0 Å². The fourth-order valence-electron chi connectivity index (χ4n) is 1.22. The largest absolute Gasteiger partial charge is 0.385 e. The zero-order valence-corrected chi connectivity index (χ0v) is 7.72. The smallest absolute Gasteiger partial charge is 0.0343 e. The second-order valence-electron chi connectivity index (χ2n) is 2.82. The van der Waals surface area contributed by atoms with Gasteiger partial charge >= 0.3 is 0 Å². The second-order valence-corrected chi connectivity index (χ2v) is 2.82. The van der Waals surface area contributed by atoms with Crippen LogP contribution < -0.4 is 5.32 Å². The molecule has 1 aromatic carbocycles. The van der Waals surface area contributed by atoms with Gasteiger partial charge in [-0.05, 0) is 25.0 Å². The van der Waals surface area contributed by atoms with E-state index < -0.39 is 0 Å². The van der Waals surface area contributed by atoms with Crippen molar-refractivity contribution in [3.63, 3.8) is 0 Å². The Morgan fingerprint density at radius 1 is 1.42 bits per heavy atom. The van der Waals surface area contributed by atoms with Gasteiger partial charge in [-0.1, -0.05) is 30.8 Å². The highest BCUT2D eigenvalue weighted by molar-refractivity contribution is 5.64. The lowest BCUT2D eigenvalue weighted by molar-refractivity contribution is 0.940. The van der Waals surface area contributed by atoms with Gasteiger partial charge in [-0.2, -0.15) is 0 Å². The van der Waals surface area contributed by atoms with E-state index in [9.17, 15) is 0 Å². The van der Waals surface area contributed by atoms with Crippen molar-refractivity contribution < 1.29 is 0 Å². The van der Waals surface area contributed by atoms with E-state index in [-0.39, 0.29) is 0 Å². The van der Waals surface area contributed by atoms with E-state index >= 15 is 0 Å². The third kappa shape index (κ3) is 1.88. The van der Waals surface area contributed by atoms with Crippen molar-refractivity contribution in [3.8, 4) is 0 Å². The lowest BCUT2D eigenvalue weighted by Crippen LogP contribution is -2.10. The molecule has 0 spiro atoms. The van der Waals surface area contributed by atoms with E-state index in [0.717, 1.165) is 12.2 Å². The Kier molecular flexibility index (Phi) is 2.92. The molecule has 0 atom stereocenters. The predicted octanol–water partition coefficient (Wildman–Crippen LogP) is 2.58. The first-order chi connectivity index (χ1) is 5.75. The van der Waals surface area contributed by atoms with Gasteiger partial charge in [0.2, 0.25) is 0 Å². The van der Waals surface area contributed by atoms with Crippen LogP contribution in [0.15, 0.2) is 30.8 Å². The van der Waals surface area contributed by atoms with Crippen LogP contribution in [0.4, 0.5) is 0 Å². The van der Waals surface area contributed by atoms with E-state index in [1.54, 1.807) is 0 Å². The summed E-state index contributed by atoms with van der Waals surface area (Å²) < 4.78 is 0. The second kappa shape index (κ2) is 3.96. The Morgan fingerprint density at radius 3 is 2.67 bits per heavy atom. The van der Waals surface area contributed by atoms with Gasteiger partial charge in [0.15, 0.2) is 0 Å². The average Bonchev–Trinajstić information content (AvgIpc) is 2.05. The molecule has 1 nitrogen and oxygen atoms in total. The molecule has 0 saturated carbocycles. The summed E-state index contributed by atoms with van der Waals surface area (Å²) in [6.45, 7) is 9.06. The summed E-state index contributed by atoms with van der Waals surface area (Å²) in [5.41, 5.74) is 3.48. The van der Waals surface area contributed by atoms with Gasteiger partial charge < -0.3 is 5.32 Å². The number of rotatable bonds is 3. The third-order valence-corrected chi connectivity index (χ3v) is 1.86. The van der Waals surface area contributed by atoms with Crippen LogP contribution >= 0.6 is 0 Å². The summed E-state index contributed by atoms with van der Waals surface area (Å²) in [6.07, 6.45) is 0. The van der Waals surface area contributed by atoms with Gasteiger partial charge in [0, 0.05) is 12.2 Å². The summed E-state index contributed by atoms with van der Waals surface area (Å²) in [4.78, 5) is 0. The lowest BCUT2D eigenvalue weighted by Gasteiger charge is -2.09. The molecule has 0 amide bonds. The molecule has 0 aromatic heterocycles. The molecule has 0 saturated heterocycles. The maximum atomic E-state index is 3.96. The van der Waals surface area contributed by atoms with E-state index in [4.69, 9.17) is 0 Å². The number of benzene rings is 1. The number of aryl methyl sites for hydroxylation is 1. The van der Waals surface area contributed by atoms with Crippen LogP contribution in [0, 0.1) is 6.92 Å². The Morgan fingerprint density at radius 2 is 2.08 bits per heavy atom. The van der Waals surface area contributed by atoms with Crippen molar-refractivity contribution in [1.82, 2.24) is 5.32 Å². The highest BCUT2D eigenvalue weighted by atomic mass is 14.9. The van der Waals surface area contributed by atoms with E-state index in [0.29, 0.717) is 0 Å². The van der Waals surface area contributed by atoms with Crippen LogP contribution in [-0.2, 0) is 0 Å². The fourth-order valence-corrected chi connectivity index (χ4v) is 1.22. The summed E-state index contributed by atoms with van der Waals surface area (Å²) in [5, 5.41) is 3.21. The summed E-state index contributed by atoms with van der Waals surface area (Å²) in [5.74, 6) is 0. The van der Waals surface area contributed by atoms with Gasteiger partial charge in [-0.15, -0.1) is 0 Å². The molecule has 0 aliphatic carbocycles. The molecule has 0 aliphatic heterocycles. The zero-order valence-electron chi connectivity index (χ0n) is 7.72. The molecular formula is C11H15N. The number of nitrogens with one attached hydrogen (secondary N) is 1. The fraction of sp³-hybridized carbons (Fsp3) is 0.273. The number of hydrogen-bond donors (Lipinski definition) is 1. The molecule has 0 radical (unpaired) electrons. The molecule has 0 bridgehead atoms. The van der Waals surface area contributed by atoms with Crippen LogP contribution in [0.2, 0.25) is 0 Å².